The number of carbonyl (C=O) groups excluding carboxylic acids is 1. The van der Waals surface area contributed by atoms with Gasteiger partial charge in [0, 0.05) is 19.2 Å². The molecule has 0 aromatic heterocycles. The van der Waals surface area contributed by atoms with Crippen molar-refractivity contribution >= 4 is 11.9 Å². The van der Waals surface area contributed by atoms with E-state index in [1.165, 1.54) is 24.1 Å². The standard InChI is InChI=1S/C19H18FNO5/c1-21(18(23)10-16(22)19(24)25)11-14-4-2-3-5-17(14)26-12-13-6-8-15(20)9-7-13/h2-10,22H,11-12H2,1H3,(H,24,25)/b16-10-. The van der Waals surface area contributed by atoms with Crippen LogP contribution in [-0.2, 0) is 22.7 Å². The minimum atomic E-state index is -1.57. The van der Waals surface area contributed by atoms with Crippen LogP contribution in [0.25, 0.3) is 0 Å². The second-order valence-corrected chi connectivity index (χ2v) is 5.55. The molecule has 0 aliphatic heterocycles. The number of likely N-dealkylation sites (N-methyl/N-ethyl adjacent to an activating group) is 1. The first-order chi connectivity index (χ1) is 12.4. The molecule has 6 nitrogen and oxygen atoms in total. The number of aliphatic hydroxyl groups excluding tert-OH is 1. The predicted molar refractivity (Wildman–Crippen MR) is 92.0 cm³/mol. The molecule has 0 atom stereocenters. The van der Waals surface area contributed by atoms with Gasteiger partial charge in [0.1, 0.15) is 18.2 Å². The lowest BCUT2D eigenvalue weighted by molar-refractivity contribution is -0.136. The van der Waals surface area contributed by atoms with E-state index in [1.807, 2.05) is 0 Å². The summed E-state index contributed by atoms with van der Waals surface area (Å²) < 4.78 is 18.7. The highest BCUT2D eigenvalue weighted by atomic mass is 19.1. The molecule has 26 heavy (non-hydrogen) atoms. The van der Waals surface area contributed by atoms with Gasteiger partial charge in [-0.3, -0.25) is 4.79 Å². The monoisotopic (exact) mass is 359 g/mol. The van der Waals surface area contributed by atoms with Gasteiger partial charge in [-0.1, -0.05) is 30.3 Å². The van der Waals surface area contributed by atoms with Crippen LogP contribution in [-0.4, -0.2) is 34.0 Å². The zero-order valence-corrected chi connectivity index (χ0v) is 14.1. The number of benzene rings is 2. The molecule has 2 N–H and O–H groups in total. The lowest BCUT2D eigenvalue weighted by Crippen LogP contribution is -2.25. The number of hydrogen-bond acceptors (Lipinski definition) is 4. The van der Waals surface area contributed by atoms with Crippen LogP contribution >= 0.6 is 0 Å². The molecule has 0 unspecified atom stereocenters. The molecular weight excluding hydrogens is 341 g/mol. The SMILES string of the molecule is CN(Cc1ccccc1OCc1ccc(F)cc1)C(=O)/C=C(\O)C(=O)O. The van der Waals surface area contributed by atoms with Gasteiger partial charge < -0.3 is 19.8 Å². The number of para-hydroxylation sites is 1. The van der Waals surface area contributed by atoms with Gasteiger partial charge in [-0.15, -0.1) is 0 Å². The number of hydrogen-bond donors (Lipinski definition) is 2. The average molecular weight is 359 g/mol. The number of carbonyl (C=O) groups is 2. The Hall–Kier alpha value is -3.35. The van der Waals surface area contributed by atoms with Gasteiger partial charge in [0.15, 0.2) is 0 Å². The second-order valence-electron chi connectivity index (χ2n) is 5.55. The Morgan fingerprint density at radius 1 is 1.12 bits per heavy atom. The molecule has 0 radical (unpaired) electrons. The Morgan fingerprint density at radius 3 is 2.42 bits per heavy atom. The molecule has 2 aromatic rings. The maximum Gasteiger partial charge on any atom is 0.371 e. The highest BCUT2D eigenvalue weighted by molar-refractivity contribution is 5.95. The summed E-state index contributed by atoms with van der Waals surface area (Å²) in [6, 6.07) is 13.0. The van der Waals surface area contributed by atoms with E-state index in [0.717, 1.165) is 5.56 Å². The lowest BCUT2D eigenvalue weighted by atomic mass is 10.2. The third-order valence-corrected chi connectivity index (χ3v) is 3.54. The van der Waals surface area contributed by atoms with Crippen molar-refractivity contribution in [1.82, 2.24) is 4.90 Å². The molecule has 0 bridgehead atoms. The van der Waals surface area contributed by atoms with Crippen LogP contribution in [0.1, 0.15) is 11.1 Å². The molecule has 1 amide bonds. The Balaban J connectivity index is 2.06. The van der Waals surface area contributed by atoms with Crippen molar-refractivity contribution < 1.29 is 28.9 Å². The summed E-state index contributed by atoms with van der Waals surface area (Å²) in [5.41, 5.74) is 1.49. The maximum absolute atomic E-state index is 12.9. The first-order valence-electron chi connectivity index (χ1n) is 7.71. The van der Waals surface area contributed by atoms with E-state index in [4.69, 9.17) is 14.9 Å². The Labute approximate surface area is 149 Å². The molecule has 0 aliphatic rings. The molecular formula is C19H18FNO5. The minimum absolute atomic E-state index is 0.155. The number of carboxylic acids is 1. The van der Waals surface area contributed by atoms with Crippen molar-refractivity contribution in [2.45, 2.75) is 13.2 Å². The predicted octanol–water partition coefficient (Wildman–Crippen LogP) is 2.89. The van der Waals surface area contributed by atoms with Crippen LogP contribution < -0.4 is 4.74 Å². The number of amides is 1. The first-order valence-corrected chi connectivity index (χ1v) is 7.71. The normalized spacial score (nSPS) is 11.1. The molecule has 2 aromatic carbocycles. The minimum Gasteiger partial charge on any atom is -0.502 e. The van der Waals surface area contributed by atoms with Crippen molar-refractivity contribution in [2.24, 2.45) is 0 Å². The third kappa shape index (κ3) is 5.34. The van der Waals surface area contributed by atoms with Crippen LogP contribution in [0, 0.1) is 5.82 Å². The van der Waals surface area contributed by atoms with Crippen molar-refractivity contribution in [3.05, 3.63) is 77.3 Å². The fourth-order valence-electron chi connectivity index (χ4n) is 2.14. The van der Waals surface area contributed by atoms with Crippen LogP contribution in [0.5, 0.6) is 5.75 Å². The quantitative estimate of drug-likeness (QED) is 0.586. The number of rotatable bonds is 7. The fourth-order valence-corrected chi connectivity index (χ4v) is 2.14. The summed E-state index contributed by atoms with van der Waals surface area (Å²) in [4.78, 5) is 23.8. The fraction of sp³-hybridized carbons (Fsp3) is 0.158. The molecule has 136 valence electrons. The summed E-state index contributed by atoms with van der Waals surface area (Å²) in [6.07, 6.45) is 0.643. The number of aliphatic carboxylic acids is 1. The number of aliphatic hydroxyl groups is 1. The molecule has 0 saturated heterocycles. The summed E-state index contributed by atoms with van der Waals surface area (Å²) in [6.45, 7) is 0.385. The van der Waals surface area contributed by atoms with E-state index in [2.05, 4.69) is 0 Å². The highest BCUT2D eigenvalue weighted by Gasteiger charge is 2.13. The summed E-state index contributed by atoms with van der Waals surface area (Å²) >= 11 is 0. The van der Waals surface area contributed by atoms with Crippen LogP contribution in [0.2, 0.25) is 0 Å². The van der Waals surface area contributed by atoms with Gasteiger partial charge in [0.05, 0.1) is 6.08 Å². The molecule has 0 aliphatic carbocycles. The Bertz CT molecular complexity index is 817. The average Bonchev–Trinajstić information content (AvgIpc) is 2.62. The highest BCUT2D eigenvalue weighted by Crippen LogP contribution is 2.21. The van der Waals surface area contributed by atoms with Gasteiger partial charge in [-0.2, -0.15) is 0 Å². The number of carboxylic acid groups (broad SMARTS) is 1. The van der Waals surface area contributed by atoms with Crippen LogP contribution in [0.3, 0.4) is 0 Å². The van der Waals surface area contributed by atoms with Crippen molar-refractivity contribution in [1.29, 1.82) is 0 Å². The van der Waals surface area contributed by atoms with Crippen molar-refractivity contribution in [3.63, 3.8) is 0 Å². The molecule has 0 saturated carbocycles. The van der Waals surface area contributed by atoms with E-state index in [9.17, 15) is 14.0 Å². The topological polar surface area (TPSA) is 87.1 Å². The van der Waals surface area contributed by atoms with Crippen LogP contribution in [0.4, 0.5) is 4.39 Å². The van der Waals surface area contributed by atoms with Gasteiger partial charge in [0.2, 0.25) is 5.76 Å². The van der Waals surface area contributed by atoms with E-state index < -0.39 is 17.6 Å². The molecule has 0 spiro atoms. The van der Waals surface area contributed by atoms with E-state index in [1.54, 1.807) is 36.4 Å². The second kappa shape index (κ2) is 8.66. The van der Waals surface area contributed by atoms with E-state index >= 15 is 0 Å². The van der Waals surface area contributed by atoms with Gasteiger partial charge in [-0.25, -0.2) is 9.18 Å². The third-order valence-electron chi connectivity index (χ3n) is 3.54. The van der Waals surface area contributed by atoms with Crippen molar-refractivity contribution in [3.8, 4) is 5.75 Å². The maximum atomic E-state index is 12.9. The molecule has 2 rings (SSSR count). The van der Waals surface area contributed by atoms with Gasteiger partial charge in [-0.05, 0) is 23.8 Å². The first kappa shape index (κ1) is 19.0. The molecule has 0 heterocycles. The number of halogens is 1. The molecule has 0 fully saturated rings. The summed E-state index contributed by atoms with van der Waals surface area (Å²) in [7, 11) is 1.48. The van der Waals surface area contributed by atoms with Gasteiger partial charge in [0.25, 0.3) is 5.91 Å². The zero-order chi connectivity index (χ0) is 19.1. The Morgan fingerprint density at radius 2 is 1.77 bits per heavy atom. The molecule has 7 heteroatoms. The van der Waals surface area contributed by atoms with Crippen molar-refractivity contribution in [2.75, 3.05) is 7.05 Å². The largest absolute Gasteiger partial charge is 0.502 e. The number of nitrogens with zero attached hydrogens (tertiary/aromatic N) is 1. The smallest absolute Gasteiger partial charge is 0.371 e. The van der Waals surface area contributed by atoms with E-state index in [0.29, 0.717) is 17.4 Å². The summed E-state index contributed by atoms with van der Waals surface area (Å²) in [5.74, 6) is -3.04. The van der Waals surface area contributed by atoms with Gasteiger partial charge >= 0.3 is 5.97 Å². The van der Waals surface area contributed by atoms with E-state index in [-0.39, 0.29) is 19.0 Å². The Kier molecular flexibility index (Phi) is 6.32. The summed E-state index contributed by atoms with van der Waals surface area (Å²) in [5, 5.41) is 17.8. The lowest BCUT2D eigenvalue weighted by Gasteiger charge is -2.18. The zero-order valence-electron chi connectivity index (χ0n) is 14.1. The van der Waals surface area contributed by atoms with Crippen LogP contribution in [0.15, 0.2) is 60.4 Å². The number of ether oxygens (including phenoxy) is 1.